The molecule has 0 aliphatic heterocycles. The lowest BCUT2D eigenvalue weighted by Gasteiger charge is -2.03. The highest BCUT2D eigenvalue weighted by Crippen LogP contribution is 2.12. The van der Waals surface area contributed by atoms with Crippen molar-refractivity contribution in [2.45, 2.75) is 32.6 Å². The van der Waals surface area contributed by atoms with Gasteiger partial charge in [0.25, 0.3) is 0 Å². The summed E-state index contributed by atoms with van der Waals surface area (Å²) in [6.07, 6.45) is 5.17. The molecule has 0 saturated carbocycles. The number of ether oxygens (including phenoxy) is 1. The first-order valence-corrected chi connectivity index (χ1v) is 6.53. The van der Waals surface area contributed by atoms with Gasteiger partial charge >= 0.3 is 6.09 Å². The summed E-state index contributed by atoms with van der Waals surface area (Å²) in [5, 5.41) is 2.45. The molecule has 1 rings (SSSR count). The predicted octanol–water partition coefficient (Wildman–Crippen LogP) is 3.24. The molecule has 0 aliphatic carbocycles. The minimum atomic E-state index is -0.476. The van der Waals surface area contributed by atoms with E-state index in [4.69, 9.17) is 10.5 Å². The molecule has 0 radical (unpaired) electrons. The molecular weight excluding hydrogens is 242 g/mol. The normalized spacial score (nSPS) is 10.6. The SMILES string of the molecule is CCCCCCOC(=O)NC=Nc1ccc(N)cc1. The van der Waals surface area contributed by atoms with Crippen molar-refractivity contribution in [3.63, 3.8) is 0 Å². The highest BCUT2D eigenvalue weighted by Gasteiger charge is 1.98. The van der Waals surface area contributed by atoms with E-state index in [0.29, 0.717) is 12.3 Å². The maximum atomic E-state index is 11.3. The Kier molecular flexibility index (Phi) is 7.09. The van der Waals surface area contributed by atoms with Gasteiger partial charge in [-0.05, 0) is 30.7 Å². The van der Waals surface area contributed by atoms with Crippen LogP contribution < -0.4 is 11.1 Å². The molecule has 5 heteroatoms. The summed E-state index contributed by atoms with van der Waals surface area (Å²) < 4.78 is 4.98. The highest BCUT2D eigenvalue weighted by molar-refractivity contribution is 5.83. The first-order chi connectivity index (χ1) is 9.22. The van der Waals surface area contributed by atoms with Crippen LogP contribution in [0.15, 0.2) is 29.3 Å². The molecule has 0 aliphatic rings. The van der Waals surface area contributed by atoms with Crippen molar-refractivity contribution in [3.05, 3.63) is 24.3 Å². The number of aliphatic imine (C=N–C) groups is 1. The Morgan fingerprint density at radius 2 is 2.05 bits per heavy atom. The molecule has 1 aromatic carbocycles. The van der Waals surface area contributed by atoms with Crippen LogP contribution in [-0.4, -0.2) is 19.0 Å². The molecule has 0 saturated heterocycles. The Labute approximate surface area is 113 Å². The van der Waals surface area contributed by atoms with Crippen LogP contribution in [0.3, 0.4) is 0 Å². The number of amides is 1. The van der Waals surface area contributed by atoms with Crippen LogP contribution in [0, 0.1) is 0 Å². The monoisotopic (exact) mass is 263 g/mol. The summed E-state index contributed by atoms with van der Waals surface area (Å²) in [5.41, 5.74) is 6.95. The summed E-state index contributed by atoms with van der Waals surface area (Å²) in [6, 6.07) is 7.03. The molecule has 0 fully saturated rings. The van der Waals surface area contributed by atoms with Crippen LogP contribution in [0.2, 0.25) is 0 Å². The maximum absolute atomic E-state index is 11.3. The first-order valence-electron chi connectivity index (χ1n) is 6.53. The standard InChI is InChI=1S/C14H21N3O2/c1-2-3-4-5-10-19-14(18)17-11-16-13-8-6-12(15)7-9-13/h6-9,11H,2-5,10,15H2,1H3,(H,16,17,18). The summed E-state index contributed by atoms with van der Waals surface area (Å²) in [6.45, 7) is 2.59. The summed E-state index contributed by atoms with van der Waals surface area (Å²) in [4.78, 5) is 15.3. The lowest BCUT2D eigenvalue weighted by molar-refractivity contribution is 0.149. The number of unbranched alkanes of at least 4 members (excludes halogenated alkanes) is 3. The molecule has 0 bridgehead atoms. The quantitative estimate of drug-likeness (QED) is 0.343. The van der Waals surface area contributed by atoms with Crippen LogP contribution in [0.1, 0.15) is 32.6 Å². The van der Waals surface area contributed by atoms with Crippen LogP contribution in [0.5, 0.6) is 0 Å². The van der Waals surface area contributed by atoms with E-state index >= 15 is 0 Å². The third-order valence-corrected chi connectivity index (χ3v) is 2.52. The maximum Gasteiger partial charge on any atom is 0.412 e. The largest absolute Gasteiger partial charge is 0.449 e. The van der Waals surface area contributed by atoms with Crippen molar-refractivity contribution in [2.24, 2.45) is 4.99 Å². The molecular formula is C14H21N3O2. The molecule has 0 spiro atoms. The van der Waals surface area contributed by atoms with Crippen molar-refractivity contribution in [1.82, 2.24) is 5.32 Å². The number of nitrogens with one attached hydrogen (secondary N) is 1. The Bertz CT molecular complexity index is 402. The zero-order valence-electron chi connectivity index (χ0n) is 11.3. The summed E-state index contributed by atoms with van der Waals surface area (Å²) >= 11 is 0. The minimum absolute atomic E-state index is 0.446. The molecule has 1 amide bonds. The van der Waals surface area contributed by atoms with E-state index in [1.54, 1.807) is 24.3 Å². The molecule has 5 nitrogen and oxygen atoms in total. The topological polar surface area (TPSA) is 76.7 Å². The van der Waals surface area contributed by atoms with Gasteiger partial charge in [0.05, 0.1) is 18.6 Å². The van der Waals surface area contributed by atoms with Gasteiger partial charge in [-0.15, -0.1) is 0 Å². The fraction of sp³-hybridized carbons (Fsp3) is 0.429. The number of hydrogen-bond donors (Lipinski definition) is 2. The van der Waals surface area contributed by atoms with Crippen molar-refractivity contribution in [1.29, 1.82) is 0 Å². The predicted molar refractivity (Wildman–Crippen MR) is 77.6 cm³/mol. The van der Waals surface area contributed by atoms with E-state index in [-0.39, 0.29) is 0 Å². The van der Waals surface area contributed by atoms with Gasteiger partial charge in [-0.3, -0.25) is 5.32 Å². The minimum Gasteiger partial charge on any atom is -0.449 e. The molecule has 3 N–H and O–H groups in total. The Hall–Kier alpha value is -2.04. The Morgan fingerprint density at radius 1 is 1.32 bits per heavy atom. The average molecular weight is 263 g/mol. The number of benzene rings is 1. The number of carbonyl (C=O) groups excluding carboxylic acids is 1. The lowest BCUT2D eigenvalue weighted by Crippen LogP contribution is -2.22. The van der Waals surface area contributed by atoms with Gasteiger partial charge in [-0.2, -0.15) is 0 Å². The van der Waals surface area contributed by atoms with Gasteiger partial charge in [0, 0.05) is 5.69 Å². The number of hydrogen-bond acceptors (Lipinski definition) is 4. The number of carbonyl (C=O) groups is 1. The number of rotatable bonds is 7. The van der Waals surface area contributed by atoms with E-state index in [9.17, 15) is 4.79 Å². The first kappa shape index (κ1) is 15.0. The van der Waals surface area contributed by atoms with Crippen molar-refractivity contribution in [3.8, 4) is 0 Å². The van der Waals surface area contributed by atoms with Gasteiger partial charge in [-0.25, -0.2) is 9.79 Å². The molecule has 19 heavy (non-hydrogen) atoms. The second-order valence-corrected chi connectivity index (χ2v) is 4.19. The molecule has 0 atom stereocenters. The molecule has 0 heterocycles. The Balaban J connectivity index is 2.17. The second kappa shape index (κ2) is 8.97. The second-order valence-electron chi connectivity index (χ2n) is 4.19. The van der Waals surface area contributed by atoms with Gasteiger partial charge < -0.3 is 10.5 Å². The summed E-state index contributed by atoms with van der Waals surface area (Å²) in [7, 11) is 0. The number of nitrogens with zero attached hydrogens (tertiary/aromatic N) is 1. The van der Waals surface area contributed by atoms with Gasteiger partial charge in [0.15, 0.2) is 0 Å². The number of alkyl carbamates (subject to hydrolysis) is 1. The fourth-order valence-corrected chi connectivity index (χ4v) is 1.46. The number of anilines is 1. The van der Waals surface area contributed by atoms with Gasteiger partial charge in [-0.1, -0.05) is 26.2 Å². The third-order valence-electron chi connectivity index (χ3n) is 2.52. The van der Waals surface area contributed by atoms with E-state index in [2.05, 4.69) is 17.2 Å². The number of nitrogen functional groups attached to an aromatic ring is 1. The van der Waals surface area contributed by atoms with Gasteiger partial charge in [0.2, 0.25) is 0 Å². The lowest BCUT2D eigenvalue weighted by atomic mass is 10.2. The molecule has 1 aromatic rings. The fourth-order valence-electron chi connectivity index (χ4n) is 1.46. The van der Waals surface area contributed by atoms with E-state index in [1.807, 2.05) is 0 Å². The van der Waals surface area contributed by atoms with E-state index in [1.165, 1.54) is 19.2 Å². The molecule has 0 aromatic heterocycles. The van der Waals surface area contributed by atoms with Crippen LogP contribution in [-0.2, 0) is 4.74 Å². The zero-order valence-corrected chi connectivity index (χ0v) is 11.3. The van der Waals surface area contributed by atoms with Crippen molar-refractivity contribution < 1.29 is 9.53 Å². The van der Waals surface area contributed by atoms with Crippen LogP contribution in [0.4, 0.5) is 16.2 Å². The summed E-state index contributed by atoms with van der Waals surface area (Å²) in [5.74, 6) is 0. The highest BCUT2D eigenvalue weighted by atomic mass is 16.5. The van der Waals surface area contributed by atoms with E-state index in [0.717, 1.165) is 18.5 Å². The average Bonchev–Trinajstić information content (AvgIpc) is 2.41. The van der Waals surface area contributed by atoms with E-state index < -0.39 is 6.09 Å². The van der Waals surface area contributed by atoms with Crippen LogP contribution in [0.25, 0.3) is 0 Å². The molecule has 0 unspecified atom stereocenters. The smallest absolute Gasteiger partial charge is 0.412 e. The molecule has 104 valence electrons. The van der Waals surface area contributed by atoms with Crippen molar-refractivity contribution >= 4 is 23.8 Å². The van der Waals surface area contributed by atoms with Crippen LogP contribution >= 0.6 is 0 Å². The zero-order chi connectivity index (χ0) is 13.9. The van der Waals surface area contributed by atoms with Gasteiger partial charge in [0.1, 0.15) is 0 Å². The third kappa shape index (κ3) is 7.08. The van der Waals surface area contributed by atoms with Crippen molar-refractivity contribution in [2.75, 3.05) is 12.3 Å². The Morgan fingerprint density at radius 3 is 2.74 bits per heavy atom. The number of nitrogens with two attached hydrogens (primary N) is 1.